The van der Waals surface area contributed by atoms with Crippen LogP contribution in [0.1, 0.15) is 70.1 Å². The van der Waals surface area contributed by atoms with Crippen LogP contribution >= 0.6 is 0 Å². The average molecular weight is 501 g/mol. The molecule has 0 spiro atoms. The maximum absolute atomic E-state index is 13.8. The van der Waals surface area contributed by atoms with Crippen LogP contribution in [0.15, 0.2) is 53.4 Å². The number of sulfonamides is 1. The smallest absolute Gasteiger partial charge is 0.327 e. The van der Waals surface area contributed by atoms with Gasteiger partial charge in [0.25, 0.3) is 15.9 Å². The molecule has 3 rings (SSSR count). The van der Waals surface area contributed by atoms with E-state index in [1.54, 1.807) is 12.1 Å². The number of rotatable bonds is 10. The standard InChI is InChI=1S/C27H36N2O5S/c1-5-7-12-24(26(31)32)29(25(30)23-17-19-10-8-9-11-20(19)18-28-23)35(33,34)22-15-13-21(14-16-22)27(3,4)6-2/h8-11,13-16,23-24,28H,5-7,12,17-18H2,1-4H3,(H,31,32)/t23-,24-/m0/s1. The molecule has 1 aliphatic heterocycles. The Bertz CT molecular complexity index is 1160. The molecule has 0 saturated heterocycles. The summed E-state index contributed by atoms with van der Waals surface area (Å²) in [6, 6.07) is 11.8. The lowest BCUT2D eigenvalue weighted by Gasteiger charge is -2.34. The second-order valence-corrected chi connectivity index (χ2v) is 11.6. The van der Waals surface area contributed by atoms with Crippen molar-refractivity contribution in [2.75, 3.05) is 0 Å². The zero-order valence-corrected chi connectivity index (χ0v) is 21.8. The molecule has 35 heavy (non-hydrogen) atoms. The van der Waals surface area contributed by atoms with E-state index in [4.69, 9.17) is 0 Å². The zero-order chi connectivity index (χ0) is 25.8. The van der Waals surface area contributed by atoms with Crippen molar-refractivity contribution in [2.45, 2.75) is 88.7 Å². The van der Waals surface area contributed by atoms with E-state index in [0.717, 1.165) is 23.1 Å². The third-order valence-corrected chi connectivity index (χ3v) is 8.89. The second kappa shape index (κ2) is 10.9. The number of benzene rings is 2. The minimum absolute atomic E-state index is 0.0566. The largest absolute Gasteiger partial charge is 0.480 e. The van der Waals surface area contributed by atoms with Gasteiger partial charge in [0.1, 0.15) is 6.04 Å². The van der Waals surface area contributed by atoms with Crippen LogP contribution in [0.3, 0.4) is 0 Å². The van der Waals surface area contributed by atoms with Crippen molar-refractivity contribution in [1.82, 2.24) is 9.62 Å². The number of aliphatic carboxylic acids is 1. The van der Waals surface area contributed by atoms with Crippen molar-refractivity contribution >= 4 is 21.9 Å². The summed E-state index contributed by atoms with van der Waals surface area (Å²) < 4.78 is 28.3. The van der Waals surface area contributed by atoms with Crippen LogP contribution in [-0.2, 0) is 38.0 Å². The van der Waals surface area contributed by atoms with Gasteiger partial charge < -0.3 is 10.4 Å². The fourth-order valence-corrected chi connectivity index (χ4v) is 5.96. The number of hydrogen-bond donors (Lipinski definition) is 2. The van der Waals surface area contributed by atoms with Crippen LogP contribution < -0.4 is 5.32 Å². The highest BCUT2D eigenvalue weighted by atomic mass is 32.2. The molecule has 0 saturated carbocycles. The number of unbranched alkanes of at least 4 members (excludes halogenated alkanes) is 1. The normalized spacial score (nSPS) is 16.9. The molecule has 2 aromatic carbocycles. The number of amides is 1. The summed E-state index contributed by atoms with van der Waals surface area (Å²) in [6.45, 7) is 8.52. The first-order valence-corrected chi connectivity index (χ1v) is 13.7. The number of hydrogen-bond acceptors (Lipinski definition) is 5. The van der Waals surface area contributed by atoms with Gasteiger partial charge in [-0.15, -0.1) is 0 Å². The van der Waals surface area contributed by atoms with E-state index in [9.17, 15) is 23.1 Å². The van der Waals surface area contributed by atoms with E-state index in [0.29, 0.717) is 30.1 Å². The summed E-state index contributed by atoms with van der Waals surface area (Å²) in [7, 11) is -4.41. The molecule has 0 aromatic heterocycles. The van der Waals surface area contributed by atoms with Crippen molar-refractivity contribution in [3.63, 3.8) is 0 Å². The van der Waals surface area contributed by atoms with E-state index < -0.39 is 34.0 Å². The topological polar surface area (TPSA) is 104 Å². The van der Waals surface area contributed by atoms with Crippen molar-refractivity contribution in [1.29, 1.82) is 0 Å². The number of carboxylic acids is 1. The van der Waals surface area contributed by atoms with Crippen molar-refractivity contribution in [3.8, 4) is 0 Å². The fraction of sp³-hybridized carbons (Fsp3) is 0.481. The van der Waals surface area contributed by atoms with Crippen LogP contribution in [0.25, 0.3) is 0 Å². The number of fused-ring (bicyclic) bond motifs is 1. The highest BCUT2D eigenvalue weighted by Gasteiger charge is 2.42. The minimum atomic E-state index is -4.41. The van der Waals surface area contributed by atoms with Gasteiger partial charge in [0.05, 0.1) is 10.9 Å². The van der Waals surface area contributed by atoms with Gasteiger partial charge in [-0.25, -0.2) is 17.5 Å². The lowest BCUT2D eigenvalue weighted by molar-refractivity contribution is -0.147. The molecule has 2 atom stereocenters. The molecule has 0 radical (unpaired) electrons. The lowest BCUT2D eigenvalue weighted by atomic mass is 9.82. The third-order valence-electron chi connectivity index (χ3n) is 7.07. The van der Waals surface area contributed by atoms with Gasteiger partial charge in [0.2, 0.25) is 0 Å². The van der Waals surface area contributed by atoms with E-state index in [1.807, 2.05) is 31.2 Å². The summed E-state index contributed by atoms with van der Waals surface area (Å²) in [5.41, 5.74) is 2.83. The fourth-order valence-electron chi connectivity index (χ4n) is 4.36. The van der Waals surface area contributed by atoms with Crippen molar-refractivity contribution in [3.05, 3.63) is 65.2 Å². The lowest BCUT2D eigenvalue weighted by Crippen LogP contribution is -2.56. The first-order chi connectivity index (χ1) is 16.5. The molecule has 1 amide bonds. The van der Waals surface area contributed by atoms with Gasteiger partial charge in [-0.05, 0) is 53.5 Å². The molecule has 0 fully saturated rings. The Balaban J connectivity index is 2.02. The van der Waals surface area contributed by atoms with E-state index in [2.05, 4.69) is 26.1 Å². The molecule has 0 aliphatic carbocycles. The Morgan fingerprint density at radius 1 is 1.09 bits per heavy atom. The molecule has 1 heterocycles. The van der Waals surface area contributed by atoms with Crippen molar-refractivity contribution < 1.29 is 23.1 Å². The number of carbonyl (C=O) groups is 2. The Morgan fingerprint density at radius 3 is 2.29 bits per heavy atom. The van der Waals surface area contributed by atoms with Gasteiger partial charge >= 0.3 is 5.97 Å². The monoisotopic (exact) mass is 500 g/mol. The molecule has 8 heteroatoms. The summed E-state index contributed by atoms with van der Waals surface area (Å²) in [6.07, 6.45) is 2.39. The number of nitrogens with zero attached hydrogens (tertiary/aromatic N) is 1. The molecule has 7 nitrogen and oxygen atoms in total. The van der Waals surface area contributed by atoms with E-state index in [-0.39, 0.29) is 16.7 Å². The average Bonchev–Trinajstić information content (AvgIpc) is 2.85. The highest BCUT2D eigenvalue weighted by Crippen LogP contribution is 2.30. The Kier molecular flexibility index (Phi) is 8.38. The molecular formula is C27H36N2O5S. The maximum atomic E-state index is 13.8. The van der Waals surface area contributed by atoms with Gasteiger partial charge in [0.15, 0.2) is 0 Å². The zero-order valence-electron chi connectivity index (χ0n) is 21.0. The second-order valence-electron chi connectivity index (χ2n) is 9.80. The molecule has 1 aliphatic rings. The Morgan fingerprint density at radius 2 is 1.71 bits per heavy atom. The van der Waals surface area contributed by atoms with E-state index >= 15 is 0 Å². The van der Waals surface area contributed by atoms with Crippen LogP contribution in [0.5, 0.6) is 0 Å². The summed E-state index contributed by atoms with van der Waals surface area (Å²) in [5, 5.41) is 13.1. The molecule has 0 unspecified atom stereocenters. The summed E-state index contributed by atoms with van der Waals surface area (Å²) in [5.74, 6) is -2.06. The molecular weight excluding hydrogens is 464 g/mol. The first-order valence-electron chi connectivity index (χ1n) is 12.2. The third kappa shape index (κ3) is 5.76. The molecule has 0 bridgehead atoms. The minimum Gasteiger partial charge on any atom is -0.480 e. The van der Waals surface area contributed by atoms with Crippen LogP contribution in [0.2, 0.25) is 0 Å². The summed E-state index contributed by atoms with van der Waals surface area (Å²) in [4.78, 5) is 25.9. The quantitative estimate of drug-likeness (QED) is 0.506. The predicted octanol–water partition coefficient (Wildman–Crippen LogP) is 4.25. The van der Waals surface area contributed by atoms with Crippen LogP contribution in [-0.4, -0.2) is 41.8 Å². The Hall–Kier alpha value is -2.71. The Labute approximate surface area is 208 Å². The van der Waals surface area contributed by atoms with Gasteiger partial charge in [0, 0.05) is 6.54 Å². The van der Waals surface area contributed by atoms with Gasteiger partial charge in [-0.3, -0.25) is 4.79 Å². The van der Waals surface area contributed by atoms with Gasteiger partial charge in [-0.2, -0.15) is 0 Å². The maximum Gasteiger partial charge on any atom is 0.327 e. The highest BCUT2D eigenvalue weighted by molar-refractivity contribution is 7.89. The van der Waals surface area contributed by atoms with Crippen LogP contribution in [0.4, 0.5) is 0 Å². The number of nitrogens with one attached hydrogen (secondary N) is 1. The van der Waals surface area contributed by atoms with Gasteiger partial charge in [-0.1, -0.05) is 76.9 Å². The van der Waals surface area contributed by atoms with Crippen LogP contribution in [0, 0.1) is 0 Å². The number of carboxylic acid groups (broad SMARTS) is 1. The van der Waals surface area contributed by atoms with Crippen molar-refractivity contribution in [2.24, 2.45) is 0 Å². The number of carbonyl (C=O) groups excluding carboxylic acids is 1. The predicted molar refractivity (Wildman–Crippen MR) is 136 cm³/mol. The molecule has 2 N–H and O–H groups in total. The molecule has 2 aromatic rings. The SMILES string of the molecule is CCCC[C@@H](C(=O)O)N(C(=O)[C@@H]1Cc2ccccc2CN1)S(=O)(=O)c1ccc(C(C)(C)CC)cc1. The summed E-state index contributed by atoms with van der Waals surface area (Å²) >= 11 is 0. The molecule has 190 valence electrons. The van der Waals surface area contributed by atoms with E-state index in [1.165, 1.54) is 12.1 Å². The first kappa shape index (κ1) is 26.9.